The van der Waals surface area contributed by atoms with Crippen molar-refractivity contribution < 1.29 is 22.7 Å². The topological polar surface area (TPSA) is 99.3 Å². The first-order valence-electron chi connectivity index (χ1n) is 9.71. The summed E-state index contributed by atoms with van der Waals surface area (Å²) in [5, 5.41) is 3.28. The number of benzene rings is 1. The predicted molar refractivity (Wildman–Crippen MR) is 114 cm³/mol. The van der Waals surface area contributed by atoms with Gasteiger partial charge in [0.05, 0.1) is 18.0 Å². The minimum Gasteiger partial charge on any atom is -0.385 e. The number of nitrogens with one attached hydrogen (secondary N) is 1. The molecule has 1 heterocycles. The van der Waals surface area contributed by atoms with Gasteiger partial charge < -0.3 is 15.0 Å². The van der Waals surface area contributed by atoms with Gasteiger partial charge in [-0.15, -0.1) is 0 Å². The molecule has 0 aromatic heterocycles. The van der Waals surface area contributed by atoms with E-state index in [1.807, 2.05) is 4.90 Å². The van der Waals surface area contributed by atoms with Crippen LogP contribution in [0, 0.1) is 0 Å². The van der Waals surface area contributed by atoms with Crippen molar-refractivity contribution in [2.24, 2.45) is 0 Å². The van der Waals surface area contributed by atoms with Gasteiger partial charge in [-0.05, 0) is 30.7 Å². The second kappa shape index (κ2) is 11.6. The van der Waals surface area contributed by atoms with Gasteiger partial charge in [-0.25, -0.2) is 8.42 Å². The van der Waals surface area contributed by atoms with Gasteiger partial charge in [0.25, 0.3) is 0 Å². The number of sulfonamides is 1. The number of likely N-dealkylation sites (N-methyl/N-ethyl adjacent to an activating group) is 1. The summed E-state index contributed by atoms with van der Waals surface area (Å²) in [6, 6.07) is 5.82. The van der Waals surface area contributed by atoms with Crippen LogP contribution in [0.25, 0.3) is 0 Å². The van der Waals surface area contributed by atoms with E-state index in [1.54, 1.807) is 12.0 Å². The molecule has 0 bridgehead atoms. The minimum atomic E-state index is -3.77. The second-order valence-corrected chi connectivity index (χ2v) is 9.55. The molecular formula is C19H29ClN4O5S. The smallest absolute Gasteiger partial charge is 0.243 e. The molecule has 2 amide bonds. The molecule has 1 fully saturated rings. The molecule has 1 aliphatic heterocycles. The van der Waals surface area contributed by atoms with Gasteiger partial charge in [-0.2, -0.15) is 4.31 Å². The lowest BCUT2D eigenvalue weighted by Gasteiger charge is -2.35. The zero-order chi connectivity index (χ0) is 22.1. The zero-order valence-electron chi connectivity index (χ0n) is 17.3. The van der Waals surface area contributed by atoms with Crippen molar-refractivity contribution in [3.63, 3.8) is 0 Å². The molecule has 9 nitrogen and oxygen atoms in total. The van der Waals surface area contributed by atoms with Crippen molar-refractivity contribution in [1.29, 1.82) is 0 Å². The number of piperazine rings is 1. The lowest BCUT2D eigenvalue weighted by Crippen LogP contribution is -2.53. The Morgan fingerprint density at radius 1 is 1.17 bits per heavy atom. The molecule has 1 N–H and O–H groups in total. The van der Waals surface area contributed by atoms with Gasteiger partial charge in [0.15, 0.2) is 0 Å². The molecule has 0 unspecified atom stereocenters. The molecule has 1 saturated heterocycles. The molecule has 1 aromatic rings. The normalized spacial score (nSPS) is 15.4. The van der Waals surface area contributed by atoms with Crippen LogP contribution in [0.15, 0.2) is 29.2 Å². The maximum atomic E-state index is 12.6. The lowest BCUT2D eigenvalue weighted by molar-refractivity contribution is -0.133. The Labute approximate surface area is 182 Å². The summed E-state index contributed by atoms with van der Waals surface area (Å²) in [7, 11) is -0.775. The van der Waals surface area contributed by atoms with Crippen LogP contribution in [-0.4, -0.2) is 101 Å². The van der Waals surface area contributed by atoms with Gasteiger partial charge in [-0.1, -0.05) is 11.6 Å². The quantitative estimate of drug-likeness (QED) is 0.503. The highest BCUT2D eigenvalue weighted by atomic mass is 35.5. The first-order chi connectivity index (χ1) is 14.2. The number of amides is 2. The molecule has 168 valence electrons. The molecule has 0 saturated carbocycles. The number of nitrogens with zero attached hydrogens (tertiary/aromatic N) is 3. The average Bonchev–Trinajstić information content (AvgIpc) is 2.72. The lowest BCUT2D eigenvalue weighted by atomic mass is 10.3. The van der Waals surface area contributed by atoms with Crippen molar-refractivity contribution in [3.8, 4) is 0 Å². The summed E-state index contributed by atoms with van der Waals surface area (Å²) in [5.74, 6) is -0.321. The number of carbonyl (C=O) groups excluding carboxylic acids is 2. The van der Waals surface area contributed by atoms with Crippen molar-refractivity contribution in [3.05, 3.63) is 29.3 Å². The highest BCUT2D eigenvalue weighted by Crippen LogP contribution is 2.17. The van der Waals surface area contributed by atoms with Crippen LogP contribution in [0.5, 0.6) is 0 Å². The van der Waals surface area contributed by atoms with E-state index >= 15 is 0 Å². The largest absolute Gasteiger partial charge is 0.385 e. The standard InChI is InChI=1S/C19H29ClN4O5S/c1-22(30(27,28)17-6-4-16(20)5-7-17)15-19(26)24-11-9-23(10-12-24)14-18(25)21-8-3-13-29-2/h4-7H,3,8-15H2,1-2H3,(H,21,25). The average molecular weight is 461 g/mol. The predicted octanol–water partition coefficient (Wildman–Crippen LogP) is 0.257. The minimum absolute atomic E-state index is 0.0559. The summed E-state index contributed by atoms with van der Waals surface area (Å²) >= 11 is 5.80. The maximum absolute atomic E-state index is 12.6. The van der Waals surface area contributed by atoms with Crippen LogP contribution >= 0.6 is 11.6 Å². The van der Waals surface area contributed by atoms with Gasteiger partial charge in [0.2, 0.25) is 21.8 Å². The highest BCUT2D eigenvalue weighted by Gasteiger charge is 2.27. The fourth-order valence-electron chi connectivity index (χ4n) is 3.02. The molecule has 1 aromatic carbocycles. The second-order valence-electron chi connectivity index (χ2n) is 7.07. The Kier molecular flexibility index (Phi) is 9.50. The summed E-state index contributed by atoms with van der Waals surface area (Å²) in [5.41, 5.74) is 0. The van der Waals surface area contributed by atoms with E-state index in [0.29, 0.717) is 44.4 Å². The Morgan fingerprint density at radius 3 is 2.40 bits per heavy atom. The van der Waals surface area contributed by atoms with E-state index in [1.165, 1.54) is 31.3 Å². The molecular weight excluding hydrogens is 432 g/mol. The zero-order valence-corrected chi connectivity index (χ0v) is 18.9. The Bertz CT molecular complexity index is 811. The van der Waals surface area contributed by atoms with Gasteiger partial charge >= 0.3 is 0 Å². The Hall–Kier alpha value is -1.72. The Balaban J connectivity index is 1.78. The van der Waals surface area contributed by atoms with Gasteiger partial charge in [0, 0.05) is 58.5 Å². The van der Waals surface area contributed by atoms with E-state index in [-0.39, 0.29) is 29.8 Å². The van der Waals surface area contributed by atoms with Crippen LogP contribution in [0.2, 0.25) is 5.02 Å². The Morgan fingerprint density at radius 2 is 1.80 bits per heavy atom. The number of hydrogen-bond donors (Lipinski definition) is 1. The molecule has 0 spiro atoms. The molecule has 0 atom stereocenters. The van der Waals surface area contributed by atoms with Crippen LogP contribution in [0.3, 0.4) is 0 Å². The van der Waals surface area contributed by atoms with Crippen LogP contribution in [0.1, 0.15) is 6.42 Å². The number of hydrogen-bond acceptors (Lipinski definition) is 6. The third-order valence-electron chi connectivity index (χ3n) is 4.82. The molecule has 0 aliphatic carbocycles. The maximum Gasteiger partial charge on any atom is 0.243 e. The van der Waals surface area contributed by atoms with Crippen molar-refractivity contribution >= 4 is 33.4 Å². The number of rotatable bonds is 10. The fourth-order valence-corrected chi connectivity index (χ4v) is 4.27. The van der Waals surface area contributed by atoms with Crippen LogP contribution in [-0.2, 0) is 24.3 Å². The van der Waals surface area contributed by atoms with E-state index in [9.17, 15) is 18.0 Å². The molecule has 0 radical (unpaired) electrons. The SMILES string of the molecule is COCCCNC(=O)CN1CCN(C(=O)CN(C)S(=O)(=O)c2ccc(Cl)cc2)CC1. The first-order valence-corrected chi connectivity index (χ1v) is 11.5. The molecule has 30 heavy (non-hydrogen) atoms. The van der Waals surface area contributed by atoms with Crippen molar-refractivity contribution in [1.82, 2.24) is 19.4 Å². The molecule has 11 heteroatoms. The fraction of sp³-hybridized carbons (Fsp3) is 0.579. The monoisotopic (exact) mass is 460 g/mol. The summed E-state index contributed by atoms with van der Waals surface area (Å²) in [6.07, 6.45) is 0.761. The van der Waals surface area contributed by atoms with Gasteiger partial charge in [0.1, 0.15) is 0 Å². The molecule has 1 aliphatic rings. The van der Waals surface area contributed by atoms with E-state index in [0.717, 1.165) is 10.7 Å². The van der Waals surface area contributed by atoms with Crippen molar-refractivity contribution in [2.75, 3.05) is 66.6 Å². The third-order valence-corrected chi connectivity index (χ3v) is 6.89. The van der Waals surface area contributed by atoms with Crippen molar-refractivity contribution in [2.45, 2.75) is 11.3 Å². The number of ether oxygens (including phenoxy) is 1. The van der Waals surface area contributed by atoms with Crippen LogP contribution in [0.4, 0.5) is 0 Å². The van der Waals surface area contributed by atoms with Crippen LogP contribution < -0.4 is 5.32 Å². The van der Waals surface area contributed by atoms with Gasteiger partial charge in [-0.3, -0.25) is 14.5 Å². The van der Waals surface area contributed by atoms with E-state index < -0.39 is 10.0 Å². The number of carbonyl (C=O) groups is 2. The summed E-state index contributed by atoms with van der Waals surface area (Å²) < 4.78 is 31.2. The summed E-state index contributed by atoms with van der Waals surface area (Å²) in [4.78, 5) is 28.2. The number of methoxy groups -OCH3 is 1. The first kappa shape index (κ1) is 24.5. The van der Waals surface area contributed by atoms with E-state index in [2.05, 4.69) is 5.32 Å². The van der Waals surface area contributed by atoms with E-state index in [4.69, 9.17) is 16.3 Å². The summed E-state index contributed by atoms with van der Waals surface area (Å²) in [6.45, 7) is 3.22. The highest BCUT2D eigenvalue weighted by molar-refractivity contribution is 7.89. The number of halogens is 1. The molecule has 2 rings (SSSR count). The third kappa shape index (κ3) is 7.21.